The molecule has 0 radical (unpaired) electrons. The van der Waals surface area contributed by atoms with Crippen LogP contribution in [0.4, 0.5) is 0 Å². The molecular formula is C19H22N2O6S. The van der Waals surface area contributed by atoms with Crippen LogP contribution in [0, 0.1) is 0 Å². The Labute approximate surface area is 162 Å². The van der Waals surface area contributed by atoms with Crippen LogP contribution in [0.3, 0.4) is 0 Å². The van der Waals surface area contributed by atoms with E-state index >= 15 is 0 Å². The van der Waals surface area contributed by atoms with Gasteiger partial charge in [-0.3, -0.25) is 4.79 Å². The van der Waals surface area contributed by atoms with E-state index in [1.807, 2.05) is 0 Å². The first kappa shape index (κ1) is 21.5. The van der Waals surface area contributed by atoms with E-state index in [2.05, 4.69) is 0 Å². The number of hydrogen-bond donors (Lipinski definition) is 4. The SMILES string of the molecule is CC1=C(C(=O)O)C(N)C(C(=O)O)(S(=O)(=O)CC=C(CN)c2ccccc2)C=C1. The Morgan fingerprint density at radius 3 is 2.32 bits per heavy atom. The molecule has 8 nitrogen and oxygen atoms in total. The second-order valence-electron chi connectivity index (χ2n) is 6.39. The molecule has 9 heteroatoms. The Kier molecular flexibility index (Phi) is 6.23. The van der Waals surface area contributed by atoms with Gasteiger partial charge in [-0.1, -0.05) is 48.6 Å². The van der Waals surface area contributed by atoms with Crippen molar-refractivity contribution in [2.24, 2.45) is 11.5 Å². The summed E-state index contributed by atoms with van der Waals surface area (Å²) in [5.41, 5.74) is 12.6. The molecule has 2 unspecified atom stereocenters. The number of carbonyl (C=O) groups is 2. The lowest BCUT2D eigenvalue weighted by Crippen LogP contribution is -2.61. The number of carboxylic acid groups (broad SMARTS) is 2. The summed E-state index contributed by atoms with van der Waals surface area (Å²) < 4.78 is 23.6. The van der Waals surface area contributed by atoms with Crippen LogP contribution in [0.5, 0.6) is 0 Å². The standard InChI is InChI=1S/C19H22N2O6S/c1-12-7-9-19(18(24)25,16(21)15(12)17(22)23)28(26,27)10-8-14(11-20)13-5-3-2-4-6-13/h2-9,16H,10-11,20-21H2,1H3,(H,22,23)(H,24,25). The van der Waals surface area contributed by atoms with Crippen LogP contribution in [-0.2, 0) is 19.4 Å². The second-order valence-corrected chi connectivity index (χ2v) is 8.63. The number of hydrogen-bond acceptors (Lipinski definition) is 6. The van der Waals surface area contributed by atoms with E-state index in [4.69, 9.17) is 11.5 Å². The zero-order valence-electron chi connectivity index (χ0n) is 15.2. The Morgan fingerprint density at radius 1 is 1.21 bits per heavy atom. The van der Waals surface area contributed by atoms with Crippen LogP contribution in [0.25, 0.3) is 5.57 Å². The molecule has 0 saturated carbocycles. The molecule has 1 aliphatic carbocycles. The smallest absolute Gasteiger partial charge is 0.333 e. The van der Waals surface area contributed by atoms with Crippen molar-refractivity contribution < 1.29 is 28.2 Å². The van der Waals surface area contributed by atoms with Crippen LogP contribution < -0.4 is 11.5 Å². The quantitative estimate of drug-likeness (QED) is 0.511. The second kappa shape index (κ2) is 8.09. The number of benzene rings is 1. The summed E-state index contributed by atoms with van der Waals surface area (Å²) in [4.78, 5) is 23.5. The van der Waals surface area contributed by atoms with E-state index in [9.17, 15) is 28.2 Å². The van der Waals surface area contributed by atoms with Gasteiger partial charge in [0.05, 0.1) is 17.4 Å². The molecule has 1 aromatic carbocycles. The molecule has 0 saturated heterocycles. The van der Waals surface area contributed by atoms with Gasteiger partial charge in [-0.15, -0.1) is 0 Å². The normalized spacial score (nSPS) is 23.0. The molecule has 0 fully saturated rings. The summed E-state index contributed by atoms with van der Waals surface area (Å²) in [7, 11) is -4.44. The summed E-state index contributed by atoms with van der Waals surface area (Å²) in [5.74, 6) is -3.85. The molecule has 0 aromatic heterocycles. The van der Waals surface area contributed by atoms with Gasteiger partial charge in [0.25, 0.3) is 0 Å². The predicted octanol–water partition coefficient (Wildman–Crippen LogP) is 0.565. The third kappa shape index (κ3) is 3.64. The average molecular weight is 406 g/mol. The topological polar surface area (TPSA) is 161 Å². The van der Waals surface area contributed by atoms with E-state index in [1.54, 1.807) is 30.3 Å². The molecule has 1 aromatic rings. The third-order valence-corrected chi connectivity index (χ3v) is 6.97. The maximum Gasteiger partial charge on any atom is 0.333 e. The van der Waals surface area contributed by atoms with Crippen LogP contribution in [0.1, 0.15) is 12.5 Å². The first-order valence-electron chi connectivity index (χ1n) is 8.37. The van der Waals surface area contributed by atoms with E-state index < -0.39 is 43.9 Å². The summed E-state index contributed by atoms with van der Waals surface area (Å²) in [6.07, 6.45) is 3.46. The van der Waals surface area contributed by atoms with Gasteiger partial charge in [-0.25, -0.2) is 13.2 Å². The fourth-order valence-electron chi connectivity index (χ4n) is 3.16. The van der Waals surface area contributed by atoms with Crippen molar-refractivity contribution >= 4 is 27.3 Å². The highest BCUT2D eigenvalue weighted by Gasteiger charge is 2.56. The third-order valence-electron chi connectivity index (χ3n) is 4.77. The van der Waals surface area contributed by atoms with Crippen molar-refractivity contribution in [3.63, 3.8) is 0 Å². The Bertz CT molecular complexity index is 979. The van der Waals surface area contributed by atoms with Crippen LogP contribution >= 0.6 is 0 Å². The van der Waals surface area contributed by atoms with Gasteiger partial charge >= 0.3 is 11.9 Å². The van der Waals surface area contributed by atoms with Gasteiger partial charge in [0, 0.05) is 6.54 Å². The molecule has 0 amide bonds. The van der Waals surface area contributed by atoms with Crippen LogP contribution in [-0.4, -0.2) is 53.7 Å². The van der Waals surface area contributed by atoms with Crippen molar-refractivity contribution in [1.29, 1.82) is 0 Å². The summed E-state index contributed by atoms with van der Waals surface area (Å²) in [6, 6.07) is 7.06. The molecule has 0 heterocycles. The molecule has 28 heavy (non-hydrogen) atoms. The maximum absolute atomic E-state index is 13.1. The fourth-order valence-corrected chi connectivity index (χ4v) is 4.90. The fraction of sp³-hybridized carbons (Fsp3) is 0.263. The minimum absolute atomic E-state index is 0.0425. The summed E-state index contributed by atoms with van der Waals surface area (Å²) >= 11 is 0. The molecule has 1 aliphatic rings. The molecule has 6 N–H and O–H groups in total. The molecule has 2 atom stereocenters. The van der Waals surface area contributed by atoms with Crippen molar-refractivity contribution in [1.82, 2.24) is 0 Å². The van der Waals surface area contributed by atoms with E-state index in [-0.39, 0.29) is 12.1 Å². The van der Waals surface area contributed by atoms with Gasteiger partial charge in [-0.2, -0.15) is 0 Å². The summed E-state index contributed by atoms with van der Waals surface area (Å²) in [6.45, 7) is 1.47. The first-order valence-corrected chi connectivity index (χ1v) is 10.0. The van der Waals surface area contributed by atoms with Crippen LogP contribution in [0.2, 0.25) is 0 Å². The van der Waals surface area contributed by atoms with Gasteiger partial charge < -0.3 is 21.7 Å². The number of sulfone groups is 1. The van der Waals surface area contributed by atoms with Crippen molar-refractivity contribution in [2.45, 2.75) is 17.7 Å². The molecule has 2 rings (SSSR count). The Morgan fingerprint density at radius 2 is 1.82 bits per heavy atom. The zero-order chi connectivity index (χ0) is 21.1. The molecule has 0 bridgehead atoms. The van der Waals surface area contributed by atoms with E-state index in [1.165, 1.54) is 19.1 Å². The monoisotopic (exact) mass is 406 g/mol. The van der Waals surface area contributed by atoms with Gasteiger partial charge in [0.2, 0.25) is 4.75 Å². The molecule has 150 valence electrons. The summed E-state index contributed by atoms with van der Waals surface area (Å²) in [5, 5.41) is 19.1. The Hall–Kier alpha value is -2.75. The van der Waals surface area contributed by atoms with Gasteiger partial charge in [0.15, 0.2) is 9.84 Å². The van der Waals surface area contributed by atoms with Gasteiger partial charge in [-0.05, 0) is 23.6 Å². The molecule has 0 spiro atoms. The van der Waals surface area contributed by atoms with Crippen molar-refractivity contribution in [2.75, 3.05) is 12.3 Å². The largest absolute Gasteiger partial charge is 0.480 e. The number of allylic oxidation sites excluding steroid dienone is 2. The lowest BCUT2D eigenvalue weighted by atomic mass is 9.85. The highest BCUT2D eigenvalue weighted by molar-refractivity contribution is 7.94. The van der Waals surface area contributed by atoms with Crippen molar-refractivity contribution in [3.8, 4) is 0 Å². The predicted molar refractivity (Wildman–Crippen MR) is 105 cm³/mol. The highest BCUT2D eigenvalue weighted by atomic mass is 32.2. The van der Waals surface area contributed by atoms with Crippen LogP contribution in [0.15, 0.2) is 59.7 Å². The Balaban J connectivity index is 2.52. The lowest BCUT2D eigenvalue weighted by molar-refractivity contribution is -0.139. The van der Waals surface area contributed by atoms with E-state index in [0.717, 1.165) is 6.08 Å². The minimum atomic E-state index is -4.44. The maximum atomic E-state index is 13.1. The molecular weight excluding hydrogens is 384 g/mol. The number of rotatable bonds is 7. The number of aliphatic carboxylic acids is 2. The first-order chi connectivity index (χ1) is 13.1. The van der Waals surface area contributed by atoms with E-state index in [0.29, 0.717) is 11.1 Å². The van der Waals surface area contributed by atoms with Crippen molar-refractivity contribution in [3.05, 3.63) is 65.3 Å². The average Bonchev–Trinajstić information content (AvgIpc) is 2.62. The zero-order valence-corrected chi connectivity index (χ0v) is 16.0. The molecule has 0 aliphatic heterocycles. The highest BCUT2D eigenvalue weighted by Crippen LogP contribution is 2.34. The number of nitrogens with two attached hydrogens (primary N) is 2. The lowest BCUT2D eigenvalue weighted by Gasteiger charge is -2.35. The minimum Gasteiger partial charge on any atom is -0.480 e. The number of carboxylic acids is 2. The van der Waals surface area contributed by atoms with Gasteiger partial charge in [0.1, 0.15) is 0 Å².